The Morgan fingerprint density at radius 2 is 0.967 bits per heavy atom. The summed E-state index contributed by atoms with van der Waals surface area (Å²) < 4.78 is 51.2. The molecule has 0 saturated heterocycles. The van der Waals surface area contributed by atoms with Gasteiger partial charge < -0.3 is 11.5 Å². The lowest BCUT2D eigenvalue weighted by Crippen LogP contribution is -2.40. The fourth-order valence-corrected chi connectivity index (χ4v) is 5.62. The van der Waals surface area contributed by atoms with E-state index in [4.69, 9.17) is 11.5 Å². The fourth-order valence-electron chi connectivity index (χ4n) is 2.99. The second kappa shape index (κ2) is 8.31. The first-order chi connectivity index (χ1) is 14.0. The topological polar surface area (TPSA) is 120 Å². The molecule has 0 fully saturated rings. The van der Waals surface area contributed by atoms with E-state index in [9.17, 15) is 16.8 Å². The van der Waals surface area contributed by atoms with Gasteiger partial charge in [-0.3, -0.25) is 0 Å². The monoisotopic (exact) mass is 444 g/mol. The second-order valence-electron chi connectivity index (χ2n) is 7.23. The third kappa shape index (κ3) is 4.32. The number of nitrogens with two attached hydrogens (primary N) is 2. The minimum absolute atomic E-state index is 0.0922. The fraction of sp³-hybridized carbons (Fsp3) is 0.182. The molecule has 0 saturated carbocycles. The van der Waals surface area contributed by atoms with E-state index in [1.165, 1.54) is 36.4 Å². The molecule has 3 aromatic rings. The zero-order valence-corrected chi connectivity index (χ0v) is 18.3. The summed E-state index contributed by atoms with van der Waals surface area (Å²) in [5.74, 6) is 0. The molecule has 0 radical (unpaired) electrons. The molecule has 0 aliphatic rings. The van der Waals surface area contributed by atoms with Crippen molar-refractivity contribution in [2.24, 2.45) is 11.5 Å². The van der Waals surface area contributed by atoms with Gasteiger partial charge in [0.1, 0.15) is 5.37 Å². The van der Waals surface area contributed by atoms with E-state index in [0.717, 1.165) is 11.1 Å². The van der Waals surface area contributed by atoms with E-state index in [1.54, 1.807) is 36.4 Å². The number of sulfone groups is 2. The van der Waals surface area contributed by atoms with Crippen LogP contribution in [0.2, 0.25) is 0 Å². The van der Waals surface area contributed by atoms with Crippen LogP contribution in [-0.2, 0) is 19.7 Å². The molecule has 3 aromatic carbocycles. The van der Waals surface area contributed by atoms with Crippen molar-refractivity contribution in [3.8, 4) is 0 Å². The lowest BCUT2D eigenvalue weighted by Gasteiger charge is -2.21. The van der Waals surface area contributed by atoms with Crippen LogP contribution in [0.15, 0.2) is 87.5 Å². The highest BCUT2D eigenvalue weighted by molar-refractivity contribution is 7.92. The molecule has 6 nitrogen and oxygen atoms in total. The van der Waals surface area contributed by atoms with E-state index in [-0.39, 0.29) is 14.7 Å². The van der Waals surface area contributed by atoms with Crippen molar-refractivity contribution in [2.75, 3.05) is 0 Å². The highest BCUT2D eigenvalue weighted by Gasteiger charge is 2.30. The number of benzene rings is 3. The van der Waals surface area contributed by atoms with Crippen molar-refractivity contribution >= 4 is 19.7 Å². The lowest BCUT2D eigenvalue weighted by atomic mass is 10.1. The third-order valence-electron chi connectivity index (χ3n) is 4.97. The summed E-state index contributed by atoms with van der Waals surface area (Å²) in [5.41, 5.74) is 14.4. The second-order valence-corrected chi connectivity index (χ2v) is 11.3. The van der Waals surface area contributed by atoms with Gasteiger partial charge in [0.05, 0.1) is 20.7 Å². The number of hydrogen-bond acceptors (Lipinski definition) is 6. The van der Waals surface area contributed by atoms with Crippen LogP contribution in [0.25, 0.3) is 0 Å². The molecular formula is C22H24N2O4S2. The van der Waals surface area contributed by atoms with Gasteiger partial charge in [-0.1, -0.05) is 47.5 Å². The quantitative estimate of drug-likeness (QED) is 0.603. The van der Waals surface area contributed by atoms with Gasteiger partial charge in [0.15, 0.2) is 9.84 Å². The largest absolute Gasteiger partial charge is 0.322 e. The van der Waals surface area contributed by atoms with Crippen molar-refractivity contribution in [3.05, 3.63) is 89.5 Å². The Balaban J connectivity index is 1.86. The van der Waals surface area contributed by atoms with Gasteiger partial charge >= 0.3 is 0 Å². The van der Waals surface area contributed by atoms with Crippen molar-refractivity contribution in [1.82, 2.24) is 0 Å². The van der Waals surface area contributed by atoms with Crippen LogP contribution in [0.4, 0.5) is 0 Å². The van der Waals surface area contributed by atoms with E-state index in [2.05, 4.69) is 0 Å². The highest BCUT2D eigenvalue weighted by atomic mass is 32.2. The normalized spacial score (nSPS) is 14.3. The van der Waals surface area contributed by atoms with Crippen LogP contribution >= 0.6 is 0 Å². The van der Waals surface area contributed by atoms with Gasteiger partial charge in [-0.25, -0.2) is 16.8 Å². The smallest absolute Gasteiger partial charge is 0.206 e. The Kier molecular flexibility index (Phi) is 6.14. The highest BCUT2D eigenvalue weighted by Crippen LogP contribution is 2.26. The summed E-state index contributed by atoms with van der Waals surface area (Å²) in [6.45, 7) is 3.73. The Hall–Kier alpha value is -2.52. The third-order valence-corrected chi connectivity index (χ3v) is 8.69. The zero-order valence-electron chi connectivity index (χ0n) is 16.7. The lowest BCUT2D eigenvalue weighted by molar-refractivity contribution is 0.558. The number of aryl methyl sites for hydroxylation is 2. The maximum Gasteiger partial charge on any atom is 0.206 e. The average Bonchev–Trinajstić information content (AvgIpc) is 2.73. The Labute approximate surface area is 177 Å². The first kappa shape index (κ1) is 22.2. The molecule has 158 valence electrons. The zero-order chi connectivity index (χ0) is 22.1. The minimum atomic E-state index is -3.85. The molecule has 0 amide bonds. The maximum absolute atomic E-state index is 12.8. The van der Waals surface area contributed by atoms with Gasteiger partial charge in [0.2, 0.25) is 9.84 Å². The van der Waals surface area contributed by atoms with E-state index in [0.29, 0.717) is 5.56 Å². The van der Waals surface area contributed by atoms with Gasteiger partial charge in [-0.2, -0.15) is 0 Å². The van der Waals surface area contributed by atoms with Crippen molar-refractivity contribution in [1.29, 1.82) is 0 Å². The van der Waals surface area contributed by atoms with Crippen LogP contribution < -0.4 is 11.5 Å². The molecule has 0 aliphatic carbocycles. The molecule has 3 rings (SSSR count). The van der Waals surface area contributed by atoms with Crippen molar-refractivity contribution in [3.63, 3.8) is 0 Å². The molecule has 0 aromatic heterocycles. The van der Waals surface area contributed by atoms with E-state index >= 15 is 0 Å². The molecule has 2 atom stereocenters. The van der Waals surface area contributed by atoms with E-state index in [1.807, 2.05) is 13.8 Å². The summed E-state index contributed by atoms with van der Waals surface area (Å²) in [6.07, 6.45) is 0. The van der Waals surface area contributed by atoms with Crippen LogP contribution in [0.3, 0.4) is 0 Å². The molecule has 0 bridgehead atoms. The Bertz CT molecular complexity index is 1230. The molecule has 0 aliphatic heterocycles. The molecule has 0 spiro atoms. The summed E-state index contributed by atoms with van der Waals surface area (Å²) in [7, 11) is -7.54. The average molecular weight is 445 g/mol. The molecule has 8 heteroatoms. The Morgan fingerprint density at radius 1 is 0.600 bits per heavy atom. The maximum atomic E-state index is 12.8. The van der Waals surface area contributed by atoms with E-state index < -0.39 is 31.1 Å². The molecule has 1 unspecified atom stereocenters. The first-order valence-electron chi connectivity index (χ1n) is 9.27. The van der Waals surface area contributed by atoms with Gasteiger partial charge in [0, 0.05) is 0 Å². The molecule has 4 N–H and O–H groups in total. The first-order valence-corrected chi connectivity index (χ1v) is 12.3. The van der Waals surface area contributed by atoms with Gasteiger partial charge in [0.25, 0.3) is 0 Å². The summed E-state index contributed by atoms with van der Waals surface area (Å²) in [4.78, 5) is 0.371. The standard InChI is InChI=1S/C22H24N2O4S2/c1-15-3-9-18(10-4-15)29(25,26)19-13-7-17(8-14-19)21(23)22(24)30(27,28)20-11-5-16(2)6-12-20/h3-14,21-22H,23-24H2,1-2H3/t21?,22-/m0/s1. The van der Waals surface area contributed by atoms with Crippen molar-refractivity contribution in [2.45, 2.75) is 39.9 Å². The Morgan fingerprint density at radius 3 is 1.40 bits per heavy atom. The summed E-state index contributed by atoms with van der Waals surface area (Å²) in [6, 6.07) is 17.7. The summed E-state index contributed by atoms with van der Waals surface area (Å²) in [5, 5.41) is -1.38. The predicted molar refractivity (Wildman–Crippen MR) is 116 cm³/mol. The van der Waals surface area contributed by atoms with Crippen molar-refractivity contribution < 1.29 is 16.8 Å². The molecule has 0 heterocycles. The van der Waals surface area contributed by atoms with Crippen LogP contribution in [0, 0.1) is 13.8 Å². The SMILES string of the molecule is Cc1ccc(S(=O)(=O)c2ccc(C(N)[C@@H](N)S(=O)(=O)c3ccc(C)cc3)cc2)cc1. The number of rotatable bonds is 6. The van der Waals surface area contributed by atoms with Crippen LogP contribution in [0.1, 0.15) is 22.7 Å². The minimum Gasteiger partial charge on any atom is -0.322 e. The van der Waals surface area contributed by atoms with Gasteiger partial charge in [-0.05, 0) is 55.8 Å². The number of hydrogen-bond donors (Lipinski definition) is 2. The van der Waals surface area contributed by atoms with Crippen LogP contribution in [-0.4, -0.2) is 22.2 Å². The molecule has 30 heavy (non-hydrogen) atoms. The van der Waals surface area contributed by atoms with Gasteiger partial charge in [-0.15, -0.1) is 0 Å². The predicted octanol–water partition coefficient (Wildman–Crippen LogP) is 2.89. The van der Waals surface area contributed by atoms with Crippen LogP contribution in [0.5, 0.6) is 0 Å². The molecular weight excluding hydrogens is 420 g/mol. The summed E-state index contributed by atoms with van der Waals surface area (Å²) >= 11 is 0.